The molecule has 3 aliphatic heterocycles. The topological polar surface area (TPSA) is 193 Å². The highest BCUT2D eigenvalue weighted by molar-refractivity contribution is 7.91. The molecule has 1 aromatic heterocycles. The summed E-state index contributed by atoms with van der Waals surface area (Å²) in [5, 5.41) is 16.0. The zero-order valence-electron chi connectivity index (χ0n) is 30.1. The van der Waals surface area contributed by atoms with E-state index in [4.69, 9.17) is 14.5 Å². The number of nitrogens with zero attached hydrogens (tertiary/aromatic N) is 2. The zero-order valence-corrected chi connectivity index (χ0v) is 30.9. The molecule has 3 aliphatic carbocycles. The van der Waals surface area contributed by atoms with Gasteiger partial charge in [-0.2, -0.15) is 0 Å². The van der Waals surface area contributed by atoms with E-state index in [0.29, 0.717) is 50.0 Å². The van der Waals surface area contributed by atoms with Gasteiger partial charge in [0.1, 0.15) is 34.7 Å². The van der Waals surface area contributed by atoms with Gasteiger partial charge in [-0.25, -0.2) is 18.2 Å². The molecule has 1 aromatic carbocycles. The van der Waals surface area contributed by atoms with Crippen LogP contribution in [0.25, 0.3) is 10.9 Å². The number of fused-ring (bicyclic) bond motifs is 5. The Morgan fingerprint density at radius 2 is 1.89 bits per heavy atom. The van der Waals surface area contributed by atoms with Gasteiger partial charge in [0, 0.05) is 35.3 Å². The van der Waals surface area contributed by atoms with E-state index in [9.17, 15) is 32.7 Å². The van der Waals surface area contributed by atoms with E-state index in [0.717, 1.165) is 47.8 Å². The molecule has 284 valence electrons. The average Bonchev–Trinajstić information content (AvgIpc) is 4.05. The van der Waals surface area contributed by atoms with Crippen molar-refractivity contribution in [2.24, 2.45) is 5.92 Å². The van der Waals surface area contributed by atoms with Crippen molar-refractivity contribution in [3.05, 3.63) is 41.6 Å². The number of hydrogen-bond donors (Lipinski definition) is 4. The summed E-state index contributed by atoms with van der Waals surface area (Å²) < 4.78 is 40.0. The predicted molar refractivity (Wildman–Crippen MR) is 193 cm³/mol. The summed E-state index contributed by atoms with van der Waals surface area (Å²) in [6.45, 7) is 1.62. The molecule has 4 fully saturated rings. The Balaban J connectivity index is 1.15. The number of nitrogens with one attached hydrogen (secondary N) is 3. The number of carbonyl (C=O) groups is 4. The maximum Gasteiger partial charge on any atom is 0.405 e. The Kier molecular flexibility index (Phi) is 8.65. The highest BCUT2D eigenvalue weighted by atomic mass is 32.2. The molecule has 15 heteroatoms. The molecule has 0 unspecified atom stereocenters. The van der Waals surface area contributed by atoms with Gasteiger partial charge in [-0.15, -0.1) is 0 Å². The Bertz CT molecular complexity index is 2030. The summed E-state index contributed by atoms with van der Waals surface area (Å²) in [5.74, 6) is -0.767. The molecule has 4 heterocycles. The second-order valence-corrected chi connectivity index (χ2v) is 18.4. The molecule has 5 atom stereocenters. The first kappa shape index (κ1) is 35.6. The molecule has 4 N–H and O–H groups in total. The summed E-state index contributed by atoms with van der Waals surface area (Å²) >= 11 is 0. The molecule has 14 nitrogen and oxygen atoms in total. The van der Waals surface area contributed by atoms with Gasteiger partial charge in [0.05, 0.1) is 29.6 Å². The van der Waals surface area contributed by atoms with E-state index < -0.39 is 67.7 Å². The quantitative estimate of drug-likeness (QED) is 0.316. The lowest BCUT2D eigenvalue weighted by atomic mass is 9.86. The summed E-state index contributed by atoms with van der Waals surface area (Å²) in [6.07, 6.45) is 9.72. The van der Waals surface area contributed by atoms with Crippen LogP contribution in [-0.2, 0) is 30.8 Å². The first-order valence-corrected chi connectivity index (χ1v) is 20.3. The first-order chi connectivity index (χ1) is 25.3. The van der Waals surface area contributed by atoms with Crippen LogP contribution in [0.4, 0.5) is 4.79 Å². The van der Waals surface area contributed by atoms with E-state index >= 15 is 0 Å². The van der Waals surface area contributed by atoms with Crippen LogP contribution in [0.5, 0.6) is 11.5 Å². The average molecular weight is 750 g/mol. The number of sulfonamides is 1. The molecule has 0 radical (unpaired) electrons. The maximum absolute atomic E-state index is 14.5. The predicted octanol–water partition coefficient (Wildman–Crippen LogP) is 3.82. The van der Waals surface area contributed by atoms with Gasteiger partial charge in [-0.3, -0.25) is 19.1 Å². The highest BCUT2D eigenvalue weighted by Crippen LogP contribution is 2.52. The minimum Gasteiger partial charge on any atom is -0.497 e. The number of aromatic nitrogens is 1. The number of benzene rings is 1. The van der Waals surface area contributed by atoms with E-state index in [-0.39, 0.29) is 31.7 Å². The van der Waals surface area contributed by atoms with Gasteiger partial charge in [0.25, 0.3) is 5.91 Å². The highest BCUT2D eigenvalue weighted by Gasteiger charge is 2.64. The lowest BCUT2D eigenvalue weighted by Crippen LogP contribution is -2.58. The van der Waals surface area contributed by atoms with Gasteiger partial charge >= 0.3 is 6.09 Å². The van der Waals surface area contributed by atoms with Crippen LogP contribution in [0.3, 0.4) is 0 Å². The third-order valence-corrected chi connectivity index (χ3v) is 14.5. The molecule has 4 amide bonds. The van der Waals surface area contributed by atoms with Crippen molar-refractivity contribution in [1.82, 2.24) is 25.2 Å². The number of carboxylic acid groups (broad SMARTS) is 1. The van der Waals surface area contributed by atoms with Gasteiger partial charge in [0.15, 0.2) is 0 Å². The number of carbonyl (C=O) groups excluding carboxylic acids is 3. The van der Waals surface area contributed by atoms with Gasteiger partial charge < -0.3 is 30.1 Å². The van der Waals surface area contributed by atoms with Crippen molar-refractivity contribution < 1.29 is 42.2 Å². The molecule has 0 bridgehead atoms. The number of pyridine rings is 1. The van der Waals surface area contributed by atoms with Crippen LogP contribution >= 0.6 is 0 Å². The van der Waals surface area contributed by atoms with Crippen molar-refractivity contribution in [3.63, 3.8) is 0 Å². The maximum atomic E-state index is 14.5. The molecular weight excluding hydrogens is 703 g/mol. The third kappa shape index (κ3) is 6.48. The Hall–Kier alpha value is -4.40. The minimum atomic E-state index is -3.99. The van der Waals surface area contributed by atoms with E-state index in [1.807, 2.05) is 30.4 Å². The third-order valence-electron chi connectivity index (χ3n) is 12.3. The molecule has 6 aliphatic rings. The van der Waals surface area contributed by atoms with Crippen LogP contribution in [-0.4, -0.2) is 88.8 Å². The number of ether oxygens (including phenoxy) is 2. The number of amides is 4. The summed E-state index contributed by atoms with van der Waals surface area (Å²) in [5.41, 5.74) is 0.176. The normalized spacial score (nSPS) is 30.8. The largest absolute Gasteiger partial charge is 0.497 e. The zero-order chi connectivity index (χ0) is 37.3. The van der Waals surface area contributed by atoms with Crippen molar-refractivity contribution in [2.75, 3.05) is 13.7 Å². The number of aryl methyl sites for hydroxylation is 1. The standard InChI is InChI=1S/C38H47N5O9S/c1-36(16-17-36)53(49,50)42-34(46)38-19-23(38)8-6-4-3-5-7-9-27(40-35(47)48)33(45)43-21-37(20-29(43)32(44)41-38)15-14-26-25-13-12-24(51-2)18-28(25)39-30(22-10-11-22)31(26)52-37/h6,8,12-13,18,22-23,27,29,40H,3-5,7,9-11,14-17,19-21H2,1-2H3,(H,41,44)(H,42,46)(H,47,48)/t23-,27+,29+,37-,38-/m1/s1. The molecular formula is C38H47N5O9S. The van der Waals surface area contributed by atoms with Crippen molar-refractivity contribution in [2.45, 2.75) is 124 Å². The Morgan fingerprint density at radius 1 is 1.09 bits per heavy atom. The molecule has 1 saturated heterocycles. The molecule has 2 aromatic rings. The SMILES string of the molecule is COc1ccc2c3c(c(C4CC4)nc2c1)O[C@]1(CC3)C[C@H]2C(=O)N[C@]3(C(=O)NS(=O)(=O)C4(C)CC4)C[C@H]3C=CCCCCC[C@H](NC(=O)O)C(=O)N2C1. The Morgan fingerprint density at radius 3 is 2.60 bits per heavy atom. The fourth-order valence-corrected chi connectivity index (χ4v) is 9.76. The summed E-state index contributed by atoms with van der Waals surface area (Å²) in [7, 11) is -2.37. The number of methoxy groups -OCH3 is 1. The number of rotatable bonds is 6. The smallest absolute Gasteiger partial charge is 0.405 e. The molecule has 53 heavy (non-hydrogen) atoms. The second-order valence-electron chi connectivity index (χ2n) is 16.2. The monoisotopic (exact) mass is 749 g/mol. The van der Waals surface area contributed by atoms with Crippen molar-refractivity contribution >= 4 is 44.7 Å². The van der Waals surface area contributed by atoms with Crippen LogP contribution in [0.15, 0.2) is 30.4 Å². The van der Waals surface area contributed by atoms with Crippen LogP contribution in [0.2, 0.25) is 0 Å². The van der Waals surface area contributed by atoms with Gasteiger partial charge in [-0.1, -0.05) is 25.0 Å². The van der Waals surface area contributed by atoms with E-state index in [1.54, 1.807) is 14.0 Å². The van der Waals surface area contributed by atoms with Crippen molar-refractivity contribution in [3.8, 4) is 11.5 Å². The number of allylic oxidation sites excluding steroid dienone is 1. The fraction of sp³-hybridized carbons (Fsp3) is 0.605. The summed E-state index contributed by atoms with van der Waals surface area (Å²) in [6, 6.07) is 3.58. The van der Waals surface area contributed by atoms with Crippen molar-refractivity contribution in [1.29, 1.82) is 0 Å². The van der Waals surface area contributed by atoms with E-state index in [1.165, 1.54) is 4.90 Å². The first-order valence-electron chi connectivity index (χ1n) is 18.8. The van der Waals surface area contributed by atoms with Crippen LogP contribution in [0, 0.1) is 5.92 Å². The van der Waals surface area contributed by atoms with E-state index in [2.05, 4.69) is 15.4 Å². The Labute approximate surface area is 308 Å². The minimum absolute atomic E-state index is 0.0289. The van der Waals surface area contributed by atoms with Crippen LogP contribution < -0.4 is 24.8 Å². The summed E-state index contributed by atoms with van der Waals surface area (Å²) in [4.78, 5) is 61.2. The van der Waals surface area contributed by atoms with Gasteiger partial charge in [-0.05, 0) is 83.3 Å². The molecule has 8 rings (SSSR count). The second kappa shape index (κ2) is 12.9. The molecule has 3 saturated carbocycles. The fourth-order valence-electron chi connectivity index (χ4n) is 8.45. The number of hydrogen-bond acceptors (Lipinski definition) is 9. The lowest BCUT2D eigenvalue weighted by molar-refractivity contribution is -0.141. The van der Waals surface area contributed by atoms with Crippen LogP contribution in [0.1, 0.15) is 101 Å². The lowest BCUT2D eigenvalue weighted by Gasteiger charge is -2.37. The van der Waals surface area contributed by atoms with Gasteiger partial charge in [0.2, 0.25) is 21.8 Å². The molecule has 1 spiro atoms.